The molecular formula is C13H24BrNO. The van der Waals surface area contributed by atoms with Crippen molar-refractivity contribution in [2.24, 2.45) is 11.8 Å². The Morgan fingerprint density at radius 1 is 1.44 bits per heavy atom. The fourth-order valence-electron chi connectivity index (χ4n) is 2.58. The molecular weight excluding hydrogens is 266 g/mol. The predicted molar refractivity (Wildman–Crippen MR) is 71.8 cm³/mol. The highest BCUT2D eigenvalue weighted by Gasteiger charge is 2.33. The highest BCUT2D eigenvalue weighted by Crippen LogP contribution is 2.33. The zero-order valence-corrected chi connectivity index (χ0v) is 12.3. The van der Waals surface area contributed by atoms with Crippen LogP contribution in [0.25, 0.3) is 0 Å². The van der Waals surface area contributed by atoms with E-state index < -0.39 is 0 Å². The molecule has 16 heavy (non-hydrogen) atoms. The van der Waals surface area contributed by atoms with Crippen LogP contribution in [0.1, 0.15) is 46.5 Å². The van der Waals surface area contributed by atoms with Gasteiger partial charge in [-0.3, -0.25) is 4.79 Å². The van der Waals surface area contributed by atoms with Crippen molar-refractivity contribution in [2.75, 3.05) is 11.9 Å². The van der Waals surface area contributed by atoms with E-state index in [1.165, 1.54) is 12.8 Å². The lowest BCUT2D eigenvalue weighted by Crippen LogP contribution is -2.42. The molecule has 1 aliphatic carbocycles. The molecule has 0 aromatic heterocycles. The van der Waals surface area contributed by atoms with Crippen molar-refractivity contribution >= 4 is 21.8 Å². The predicted octanol–water partition coefficient (Wildman–Crippen LogP) is 3.44. The standard InChI is InChI=1S/C13H24BrNO/c1-10(2)15(9-5-8-14)13(16)12-7-4-6-11(12)3/h10-12H,4-9H2,1-3H3. The van der Waals surface area contributed by atoms with Crippen LogP contribution in [0.2, 0.25) is 0 Å². The lowest BCUT2D eigenvalue weighted by Gasteiger charge is -2.30. The van der Waals surface area contributed by atoms with Gasteiger partial charge in [0.1, 0.15) is 0 Å². The molecule has 2 atom stereocenters. The van der Waals surface area contributed by atoms with Crippen LogP contribution in [0.4, 0.5) is 0 Å². The van der Waals surface area contributed by atoms with Crippen LogP contribution in [-0.4, -0.2) is 28.7 Å². The topological polar surface area (TPSA) is 20.3 Å². The summed E-state index contributed by atoms with van der Waals surface area (Å²) >= 11 is 3.43. The number of hydrogen-bond donors (Lipinski definition) is 0. The summed E-state index contributed by atoms with van der Waals surface area (Å²) < 4.78 is 0. The SMILES string of the molecule is CC1CCCC1C(=O)N(CCCBr)C(C)C. The van der Waals surface area contributed by atoms with Crippen LogP contribution in [0.15, 0.2) is 0 Å². The Hall–Kier alpha value is -0.0500. The molecule has 3 heteroatoms. The summed E-state index contributed by atoms with van der Waals surface area (Å²) in [4.78, 5) is 14.5. The third-order valence-electron chi connectivity index (χ3n) is 3.62. The maximum absolute atomic E-state index is 12.4. The zero-order chi connectivity index (χ0) is 12.1. The molecule has 1 rings (SSSR count). The van der Waals surface area contributed by atoms with Gasteiger partial charge in [-0.05, 0) is 39.0 Å². The Kier molecular flexibility index (Phi) is 5.81. The average molecular weight is 290 g/mol. The van der Waals surface area contributed by atoms with Crippen LogP contribution >= 0.6 is 15.9 Å². The van der Waals surface area contributed by atoms with Gasteiger partial charge >= 0.3 is 0 Å². The van der Waals surface area contributed by atoms with E-state index in [9.17, 15) is 4.79 Å². The molecule has 0 saturated heterocycles. The second-order valence-electron chi connectivity index (χ2n) is 5.18. The maximum Gasteiger partial charge on any atom is 0.226 e. The van der Waals surface area contributed by atoms with E-state index in [-0.39, 0.29) is 5.92 Å². The molecule has 0 bridgehead atoms. The maximum atomic E-state index is 12.4. The van der Waals surface area contributed by atoms with Gasteiger partial charge in [-0.25, -0.2) is 0 Å². The summed E-state index contributed by atoms with van der Waals surface area (Å²) in [6.07, 6.45) is 4.59. The Morgan fingerprint density at radius 3 is 2.56 bits per heavy atom. The Bertz CT molecular complexity index is 230. The van der Waals surface area contributed by atoms with Crippen molar-refractivity contribution in [3.8, 4) is 0 Å². The minimum atomic E-state index is 0.290. The van der Waals surface area contributed by atoms with Crippen LogP contribution in [0.3, 0.4) is 0 Å². The molecule has 2 nitrogen and oxygen atoms in total. The molecule has 94 valence electrons. The van der Waals surface area contributed by atoms with E-state index in [4.69, 9.17) is 0 Å². The largest absolute Gasteiger partial charge is 0.340 e. The monoisotopic (exact) mass is 289 g/mol. The highest BCUT2D eigenvalue weighted by atomic mass is 79.9. The minimum absolute atomic E-state index is 0.290. The third kappa shape index (κ3) is 3.47. The van der Waals surface area contributed by atoms with E-state index in [1.807, 2.05) is 0 Å². The van der Waals surface area contributed by atoms with Gasteiger partial charge in [-0.2, -0.15) is 0 Å². The van der Waals surface area contributed by atoms with Crippen molar-refractivity contribution in [1.29, 1.82) is 0 Å². The van der Waals surface area contributed by atoms with Crippen molar-refractivity contribution < 1.29 is 4.79 Å². The molecule has 0 radical (unpaired) electrons. The van der Waals surface area contributed by atoms with E-state index in [0.717, 1.165) is 24.7 Å². The van der Waals surface area contributed by atoms with E-state index in [1.54, 1.807) is 0 Å². The van der Waals surface area contributed by atoms with Gasteiger partial charge in [-0.15, -0.1) is 0 Å². The molecule has 0 N–H and O–H groups in total. The molecule has 1 amide bonds. The van der Waals surface area contributed by atoms with Gasteiger partial charge in [0.15, 0.2) is 0 Å². The first kappa shape index (κ1) is 14.0. The third-order valence-corrected chi connectivity index (χ3v) is 4.18. The van der Waals surface area contributed by atoms with Gasteiger partial charge in [0, 0.05) is 23.8 Å². The quantitative estimate of drug-likeness (QED) is 0.710. The van der Waals surface area contributed by atoms with Gasteiger partial charge in [0.05, 0.1) is 0 Å². The normalized spacial score (nSPS) is 25.1. The number of rotatable bonds is 5. The Labute approximate surface area is 108 Å². The molecule has 0 aromatic carbocycles. The summed E-state index contributed by atoms with van der Waals surface area (Å²) in [7, 11) is 0. The Morgan fingerprint density at radius 2 is 2.12 bits per heavy atom. The van der Waals surface area contributed by atoms with E-state index >= 15 is 0 Å². The number of carbonyl (C=O) groups is 1. The summed E-state index contributed by atoms with van der Waals surface area (Å²) in [6.45, 7) is 7.35. The fourth-order valence-corrected chi connectivity index (χ4v) is 2.83. The van der Waals surface area contributed by atoms with Crippen molar-refractivity contribution in [3.63, 3.8) is 0 Å². The first-order valence-corrected chi connectivity index (χ1v) is 7.56. The molecule has 1 aliphatic rings. The molecule has 1 saturated carbocycles. The van der Waals surface area contributed by atoms with Gasteiger partial charge in [0.25, 0.3) is 0 Å². The Balaban J connectivity index is 2.59. The molecule has 2 unspecified atom stereocenters. The van der Waals surface area contributed by atoms with Gasteiger partial charge in [-0.1, -0.05) is 29.3 Å². The first-order chi connectivity index (χ1) is 7.57. The van der Waals surface area contributed by atoms with E-state index in [0.29, 0.717) is 17.9 Å². The number of alkyl halides is 1. The van der Waals surface area contributed by atoms with Crippen LogP contribution in [-0.2, 0) is 4.79 Å². The second-order valence-corrected chi connectivity index (χ2v) is 5.98. The number of hydrogen-bond acceptors (Lipinski definition) is 1. The first-order valence-electron chi connectivity index (χ1n) is 6.44. The lowest BCUT2D eigenvalue weighted by molar-refractivity contribution is -0.138. The summed E-state index contributed by atoms with van der Waals surface area (Å²) in [6, 6.07) is 0.333. The molecule has 0 aliphatic heterocycles. The minimum Gasteiger partial charge on any atom is -0.340 e. The van der Waals surface area contributed by atoms with Crippen molar-refractivity contribution in [3.05, 3.63) is 0 Å². The summed E-state index contributed by atoms with van der Waals surface area (Å²) in [5.74, 6) is 1.26. The smallest absolute Gasteiger partial charge is 0.226 e. The molecule has 0 aromatic rings. The average Bonchev–Trinajstić information content (AvgIpc) is 2.64. The fraction of sp³-hybridized carbons (Fsp3) is 0.923. The summed E-state index contributed by atoms with van der Waals surface area (Å²) in [5, 5.41) is 0.976. The second kappa shape index (κ2) is 6.63. The zero-order valence-electron chi connectivity index (χ0n) is 10.7. The molecule has 0 heterocycles. The highest BCUT2D eigenvalue weighted by molar-refractivity contribution is 9.09. The number of amides is 1. The number of nitrogens with zero attached hydrogens (tertiary/aromatic N) is 1. The van der Waals surface area contributed by atoms with Gasteiger partial charge in [0.2, 0.25) is 5.91 Å². The lowest BCUT2D eigenvalue weighted by atomic mass is 9.96. The van der Waals surface area contributed by atoms with Gasteiger partial charge < -0.3 is 4.90 Å². The van der Waals surface area contributed by atoms with Crippen LogP contribution < -0.4 is 0 Å². The number of carbonyl (C=O) groups excluding carboxylic acids is 1. The number of halogens is 1. The summed E-state index contributed by atoms with van der Waals surface area (Å²) in [5.41, 5.74) is 0. The molecule has 0 spiro atoms. The van der Waals surface area contributed by atoms with Crippen molar-refractivity contribution in [2.45, 2.75) is 52.5 Å². The van der Waals surface area contributed by atoms with Crippen LogP contribution in [0, 0.1) is 11.8 Å². The molecule has 1 fully saturated rings. The van der Waals surface area contributed by atoms with Crippen molar-refractivity contribution in [1.82, 2.24) is 4.90 Å². The van der Waals surface area contributed by atoms with E-state index in [2.05, 4.69) is 41.6 Å². The van der Waals surface area contributed by atoms with Crippen LogP contribution in [0.5, 0.6) is 0 Å².